The Kier molecular flexibility index (Phi) is 16.3. The van der Waals surface area contributed by atoms with Gasteiger partial charge in [0.1, 0.15) is 36.3 Å². The van der Waals surface area contributed by atoms with Crippen molar-refractivity contribution < 1.29 is 56.9 Å². The van der Waals surface area contributed by atoms with Gasteiger partial charge in [0.15, 0.2) is 25.0 Å². The summed E-state index contributed by atoms with van der Waals surface area (Å²) in [5.74, 6) is -0.239. The van der Waals surface area contributed by atoms with Gasteiger partial charge in [-0.2, -0.15) is 0 Å². The molecule has 0 aliphatic carbocycles. The van der Waals surface area contributed by atoms with E-state index >= 15 is 0 Å². The Balaban J connectivity index is 1.07. The van der Waals surface area contributed by atoms with Crippen LogP contribution in [0.2, 0.25) is 0 Å². The molecule has 0 radical (unpaired) electrons. The van der Waals surface area contributed by atoms with Crippen molar-refractivity contribution >= 4 is 5.97 Å². The highest BCUT2D eigenvalue weighted by Gasteiger charge is 2.56. The second-order valence-corrected chi connectivity index (χ2v) is 17.1. The molecule has 3 saturated heterocycles. The van der Waals surface area contributed by atoms with E-state index in [4.69, 9.17) is 52.1 Å². The maximum atomic E-state index is 14.3. The summed E-state index contributed by atoms with van der Waals surface area (Å²) in [6, 6.07) is 56.0. The molecule has 9 rings (SSSR count). The number of carbonyl (C=O) groups excluding carboxylic acids is 1. The highest BCUT2D eigenvalue weighted by molar-refractivity contribution is 5.89. The Morgan fingerprint density at radius 2 is 1.09 bits per heavy atom. The van der Waals surface area contributed by atoms with Gasteiger partial charge in [-0.05, 0) is 46.5 Å². The van der Waals surface area contributed by atoms with Crippen molar-refractivity contribution in [2.24, 2.45) is 5.92 Å². The van der Waals surface area contributed by atoms with E-state index in [0.717, 1.165) is 27.8 Å². The predicted octanol–water partition coefficient (Wildman–Crippen LogP) is 9.41. The first kappa shape index (κ1) is 47.3. The van der Waals surface area contributed by atoms with E-state index in [0.29, 0.717) is 24.5 Å². The zero-order chi connectivity index (χ0) is 46.5. The summed E-state index contributed by atoms with van der Waals surface area (Å²) >= 11 is 0. The van der Waals surface area contributed by atoms with Crippen LogP contribution in [0.3, 0.4) is 0 Å². The van der Waals surface area contributed by atoms with Crippen LogP contribution in [0.15, 0.2) is 176 Å². The average molecular weight is 923 g/mol. The molecule has 68 heavy (non-hydrogen) atoms. The van der Waals surface area contributed by atoms with Crippen LogP contribution >= 0.6 is 0 Å². The summed E-state index contributed by atoms with van der Waals surface area (Å²) in [5, 5.41) is 0. The second-order valence-electron chi connectivity index (χ2n) is 17.1. The molecule has 11 atom stereocenters. The van der Waals surface area contributed by atoms with Crippen molar-refractivity contribution in [2.75, 3.05) is 20.3 Å². The number of hydrogen-bond donors (Lipinski definition) is 0. The summed E-state index contributed by atoms with van der Waals surface area (Å²) in [6.45, 7) is 3.33. The molecule has 12 heteroatoms. The van der Waals surface area contributed by atoms with Gasteiger partial charge in [0, 0.05) is 11.5 Å². The zero-order valence-corrected chi connectivity index (χ0v) is 38.2. The lowest BCUT2D eigenvalue weighted by molar-refractivity contribution is -0.388. The van der Waals surface area contributed by atoms with Crippen molar-refractivity contribution in [1.29, 1.82) is 0 Å². The molecule has 0 N–H and O–H groups in total. The fourth-order valence-corrected chi connectivity index (χ4v) is 8.75. The molecule has 3 heterocycles. The highest BCUT2D eigenvalue weighted by atomic mass is 16.8. The summed E-state index contributed by atoms with van der Waals surface area (Å²) in [5.41, 5.74) is 5.02. The maximum absolute atomic E-state index is 14.3. The minimum absolute atomic E-state index is 0.109. The van der Waals surface area contributed by atoms with Crippen LogP contribution in [0.1, 0.15) is 51.4 Å². The molecule has 0 amide bonds. The minimum atomic E-state index is -1.23. The summed E-state index contributed by atoms with van der Waals surface area (Å²) < 4.78 is 73.0. The number of fused-ring (bicyclic) bond motifs is 1. The fourth-order valence-electron chi connectivity index (χ4n) is 8.75. The van der Waals surface area contributed by atoms with Crippen LogP contribution in [-0.2, 0) is 73.8 Å². The van der Waals surface area contributed by atoms with Crippen LogP contribution in [-0.4, -0.2) is 81.6 Å². The van der Waals surface area contributed by atoms with Crippen LogP contribution < -0.4 is 4.74 Å². The molecule has 354 valence electrons. The Bertz CT molecular complexity index is 2410. The lowest BCUT2D eigenvalue weighted by atomic mass is 9.91. The summed E-state index contributed by atoms with van der Waals surface area (Å²) in [6.07, 6.45) is -8.44. The molecule has 3 aliphatic rings. The van der Waals surface area contributed by atoms with E-state index in [9.17, 15) is 4.79 Å². The Morgan fingerprint density at radius 1 is 0.544 bits per heavy atom. The summed E-state index contributed by atoms with van der Waals surface area (Å²) in [7, 11) is 1.62. The van der Waals surface area contributed by atoms with E-state index in [-0.39, 0.29) is 32.3 Å². The van der Waals surface area contributed by atoms with Gasteiger partial charge < -0.3 is 52.1 Å². The molecular weight excluding hydrogens is 865 g/mol. The number of benzene rings is 6. The van der Waals surface area contributed by atoms with Crippen molar-refractivity contribution in [3.63, 3.8) is 0 Å². The van der Waals surface area contributed by atoms with Crippen LogP contribution in [0.5, 0.6) is 5.75 Å². The van der Waals surface area contributed by atoms with Gasteiger partial charge >= 0.3 is 5.97 Å². The van der Waals surface area contributed by atoms with E-state index < -0.39 is 67.6 Å². The number of esters is 1. The average Bonchev–Trinajstić information content (AvgIpc) is 3.40. The third-order valence-corrected chi connectivity index (χ3v) is 12.4. The third kappa shape index (κ3) is 12.1. The van der Waals surface area contributed by atoms with E-state index in [1.165, 1.54) is 0 Å². The van der Waals surface area contributed by atoms with Gasteiger partial charge in [0.05, 0.1) is 58.4 Å². The number of ether oxygens (including phenoxy) is 11. The predicted molar refractivity (Wildman–Crippen MR) is 251 cm³/mol. The molecule has 3 fully saturated rings. The molecule has 0 saturated carbocycles. The lowest BCUT2D eigenvalue weighted by Crippen LogP contribution is -2.66. The van der Waals surface area contributed by atoms with Gasteiger partial charge in [0.25, 0.3) is 0 Å². The molecule has 3 aliphatic heterocycles. The van der Waals surface area contributed by atoms with E-state index in [1.54, 1.807) is 31.4 Å². The number of methoxy groups -OCH3 is 1. The summed E-state index contributed by atoms with van der Waals surface area (Å²) in [4.78, 5) is 14.3. The van der Waals surface area contributed by atoms with Crippen molar-refractivity contribution in [3.05, 3.63) is 209 Å². The smallest absolute Gasteiger partial charge is 0.338 e. The van der Waals surface area contributed by atoms with Crippen molar-refractivity contribution in [1.82, 2.24) is 0 Å². The number of carbonyl (C=O) groups is 1. The molecule has 5 unspecified atom stereocenters. The Morgan fingerprint density at radius 3 is 1.71 bits per heavy atom. The fraction of sp³-hybridized carbons (Fsp3) is 0.339. The van der Waals surface area contributed by atoms with Gasteiger partial charge in [-0.25, -0.2) is 4.79 Å². The molecule has 0 bridgehead atoms. The molecule has 12 nitrogen and oxygen atoms in total. The molecule has 0 spiro atoms. The molecule has 0 aromatic heterocycles. The van der Waals surface area contributed by atoms with Gasteiger partial charge in [-0.15, -0.1) is 0 Å². The lowest BCUT2D eigenvalue weighted by Gasteiger charge is -2.51. The Hall–Kier alpha value is -5.77. The van der Waals surface area contributed by atoms with Gasteiger partial charge in [-0.1, -0.05) is 159 Å². The van der Waals surface area contributed by atoms with Crippen LogP contribution in [0.4, 0.5) is 0 Å². The molecular formula is C56H58O12. The molecule has 6 aromatic rings. The SMILES string of the molecule is COc1ccc(CO[C@@H]2C(OC(=O)c3ccccc3)[C@H](O[C@H]3C(COCc4ccccc4)O[C@@H](OCc4ccccc4)C(C)[C@@H]3OCc3ccccc3)OC3COC(c4ccccc4)O[C@@H]32)cc1. The quantitative estimate of drug-likeness (QED) is 0.0721. The van der Waals surface area contributed by atoms with Crippen molar-refractivity contribution in [2.45, 2.75) is 94.9 Å². The Labute approximate surface area is 397 Å². The monoisotopic (exact) mass is 922 g/mol. The first-order valence-electron chi connectivity index (χ1n) is 23.2. The third-order valence-electron chi connectivity index (χ3n) is 12.4. The van der Waals surface area contributed by atoms with E-state index in [1.807, 2.05) is 159 Å². The van der Waals surface area contributed by atoms with E-state index in [2.05, 4.69) is 0 Å². The van der Waals surface area contributed by atoms with Gasteiger partial charge in [-0.3, -0.25) is 0 Å². The minimum Gasteiger partial charge on any atom is -0.497 e. The number of hydrogen-bond acceptors (Lipinski definition) is 12. The van der Waals surface area contributed by atoms with Gasteiger partial charge in [0.2, 0.25) is 0 Å². The standard InChI is InChI=1S/C56H58O12/c1-38-48(60-33-40-20-10-4-11-21-40)49(46(36-59-32-39-18-8-3-9-19-39)64-54(38)62-35-41-22-12-5-13-23-41)68-56-52(66-53(57)43-24-14-6-15-25-43)51(61-34-42-28-30-45(58-2)31-29-42)50-47(65-56)37-63-55(67-50)44-26-16-7-17-27-44/h3-31,38,46-52,54-56H,32-37H2,1-2H3/t38?,46?,47?,48-,49-,50-,51-,52?,54+,55?,56-/m0/s1. The normalized spacial score (nSPS) is 26.9. The first-order valence-corrected chi connectivity index (χ1v) is 23.2. The maximum Gasteiger partial charge on any atom is 0.338 e. The molecule has 6 aromatic carbocycles. The van der Waals surface area contributed by atoms with Crippen LogP contribution in [0.25, 0.3) is 0 Å². The number of rotatable bonds is 19. The van der Waals surface area contributed by atoms with Crippen molar-refractivity contribution in [3.8, 4) is 5.75 Å². The first-order chi connectivity index (χ1) is 33.5. The highest BCUT2D eigenvalue weighted by Crippen LogP contribution is 2.40. The topological polar surface area (TPSA) is 119 Å². The largest absolute Gasteiger partial charge is 0.497 e. The second kappa shape index (κ2) is 23.5. The zero-order valence-electron chi connectivity index (χ0n) is 38.2. The van der Waals surface area contributed by atoms with Crippen LogP contribution in [0, 0.1) is 5.92 Å².